The molecular formula is C14H27N3O. The molecule has 0 spiro atoms. The third kappa shape index (κ3) is 4.10. The van der Waals surface area contributed by atoms with Crippen molar-refractivity contribution in [1.29, 1.82) is 0 Å². The van der Waals surface area contributed by atoms with E-state index in [4.69, 9.17) is 4.74 Å². The van der Waals surface area contributed by atoms with Crippen molar-refractivity contribution < 1.29 is 4.74 Å². The van der Waals surface area contributed by atoms with E-state index >= 15 is 0 Å². The summed E-state index contributed by atoms with van der Waals surface area (Å²) < 4.78 is 7.86. The van der Waals surface area contributed by atoms with Crippen LogP contribution in [0.2, 0.25) is 0 Å². The molecule has 0 saturated carbocycles. The average molecular weight is 253 g/mol. The first-order valence-corrected chi connectivity index (χ1v) is 7.14. The lowest BCUT2D eigenvalue weighted by Gasteiger charge is -2.26. The number of aromatic nitrogens is 2. The Hall–Kier alpha value is -0.870. The largest absolute Gasteiger partial charge is 0.377 e. The molecule has 1 heterocycles. The van der Waals surface area contributed by atoms with Crippen LogP contribution in [0.5, 0.6) is 0 Å². The van der Waals surface area contributed by atoms with Crippen molar-refractivity contribution in [3.63, 3.8) is 0 Å². The standard InChI is InChI=1S/C14H27N3O/c1-5-9-13(18-8-4)14(15-6-2)12-10-16-17(7-3)11-12/h10-11,13-15H,5-9H2,1-4H3. The Bertz CT molecular complexity index is 319. The van der Waals surface area contributed by atoms with E-state index in [1.165, 1.54) is 5.56 Å². The first-order valence-electron chi connectivity index (χ1n) is 7.14. The number of ether oxygens (including phenoxy) is 1. The Kier molecular flexibility index (Phi) is 6.98. The molecule has 0 aromatic carbocycles. The number of rotatable bonds is 9. The highest BCUT2D eigenvalue weighted by atomic mass is 16.5. The number of hydrogen-bond acceptors (Lipinski definition) is 3. The molecule has 4 heteroatoms. The summed E-state index contributed by atoms with van der Waals surface area (Å²) >= 11 is 0. The van der Waals surface area contributed by atoms with E-state index in [1.54, 1.807) is 0 Å². The summed E-state index contributed by atoms with van der Waals surface area (Å²) in [6, 6.07) is 0.246. The Balaban J connectivity index is 2.83. The highest BCUT2D eigenvalue weighted by Gasteiger charge is 2.23. The summed E-state index contributed by atoms with van der Waals surface area (Å²) in [6.07, 6.45) is 6.51. The van der Waals surface area contributed by atoms with Gasteiger partial charge in [0.2, 0.25) is 0 Å². The molecular weight excluding hydrogens is 226 g/mol. The molecule has 2 atom stereocenters. The predicted molar refractivity (Wildman–Crippen MR) is 74.6 cm³/mol. The zero-order valence-corrected chi connectivity index (χ0v) is 12.1. The van der Waals surface area contributed by atoms with Crippen LogP contribution >= 0.6 is 0 Å². The van der Waals surface area contributed by atoms with Gasteiger partial charge in [-0.1, -0.05) is 20.3 Å². The quantitative estimate of drug-likeness (QED) is 0.735. The molecule has 0 bridgehead atoms. The van der Waals surface area contributed by atoms with Gasteiger partial charge in [-0.3, -0.25) is 4.68 Å². The molecule has 0 saturated heterocycles. The van der Waals surface area contributed by atoms with Crippen molar-refractivity contribution in [3.8, 4) is 0 Å². The van der Waals surface area contributed by atoms with Gasteiger partial charge in [-0.05, 0) is 26.8 Å². The van der Waals surface area contributed by atoms with E-state index in [-0.39, 0.29) is 12.1 Å². The van der Waals surface area contributed by atoms with E-state index in [1.807, 2.05) is 10.9 Å². The molecule has 1 aromatic heterocycles. The minimum Gasteiger partial charge on any atom is -0.377 e. The van der Waals surface area contributed by atoms with Crippen molar-refractivity contribution >= 4 is 0 Å². The van der Waals surface area contributed by atoms with Gasteiger partial charge < -0.3 is 10.1 Å². The summed E-state index contributed by atoms with van der Waals surface area (Å²) in [7, 11) is 0. The minimum absolute atomic E-state index is 0.231. The molecule has 18 heavy (non-hydrogen) atoms. The molecule has 0 amide bonds. The maximum Gasteiger partial charge on any atom is 0.0770 e. The minimum atomic E-state index is 0.231. The molecule has 2 unspecified atom stereocenters. The van der Waals surface area contributed by atoms with Gasteiger partial charge in [0, 0.05) is 24.9 Å². The summed E-state index contributed by atoms with van der Waals surface area (Å²) in [4.78, 5) is 0. The highest BCUT2D eigenvalue weighted by Crippen LogP contribution is 2.22. The van der Waals surface area contributed by atoms with E-state index in [2.05, 4.69) is 44.3 Å². The Morgan fingerprint density at radius 1 is 1.33 bits per heavy atom. The van der Waals surface area contributed by atoms with E-state index in [0.29, 0.717) is 0 Å². The van der Waals surface area contributed by atoms with Gasteiger partial charge in [-0.15, -0.1) is 0 Å². The predicted octanol–water partition coefficient (Wildman–Crippen LogP) is 2.76. The lowest BCUT2D eigenvalue weighted by atomic mass is 10.0. The van der Waals surface area contributed by atoms with Crippen molar-refractivity contribution in [2.24, 2.45) is 0 Å². The van der Waals surface area contributed by atoms with Crippen LogP contribution in [0, 0.1) is 0 Å². The number of hydrogen-bond donors (Lipinski definition) is 1. The lowest BCUT2D eigenvalue weighted by Crippen LogP contribution is -2.33. The first kappa shape index (κ1) is 15.2. The fourth-order valence-electron chi connectivity index (χ4n) is 2.24. The normalized spacial score (nSPS) is 14.7. The topological polar surface area (TPSA) is 39.1 Å². The molecule has 104 valence electrons. The number of likely N-dealkylation sites (N-methyl/N-ethyl adjacent to an activating group) is 1. The summed E-state index contributed by atoms with van der Waals surface area (Å²) in [6.45, 7) is 11.1. The molecule has 0 aliphatic carbocycles. The zero-order chi connectivity index (χ0) is 13.4. The first-order chi connectivity index (χ1) is 8.76. The highest BCUT2D eigenvalue weighted by molar-refractivity contribution is 5.12. The van der Waals surface area contributed by atoms with Gasteiger partial charge in [0.25, 0.3) is 0 Å². The number of nitrogens with zero attached hydrogens (tertiary/aromatic N) is 2. The third-order valence-electron chi connectivity index (χ3n) is 3.09. The monoisotopic (exact) mass is 253 g/mol. The molecule has 1 aromatic rings. The molecule has 0 radical (unpaired) electrons. The van der Waals surface area contributed by atoms with Gasteiger partial charge in [-0.25, -0.2) is 0 Å². The molecule has 4 nitrogen and oxygen atoms in total. The third-order valence-corrected chi connectivity index (χ3v) is 3.09. The van der Waals surface area contributed by atoms with Crippen LogP contribution in [-0.4, -0.2) is 29.0 Å². The SMILES string of the molecule is CCCC(OCC)C(NCC)c1cnn(CC)c1. The summed E-state index contributed by atoms with van der Waals surface area (Å²) in [5.41, 5.74) is 1.23. The molecule has 1 N–H and O–H groups in total. The zero-order valence-electron chi connectivity index (χ0n) is 12.1. The van der Waals surface area contributed by atoms with Gasteiger partial charge in [0.15, 0.2) is 0 Å². The molecule has 1 rings (SSSR count). The van der Waals surface area contributed by atoms with Gasteiger partial charge in [-0.2, -0.15) is 5.10 Å². The Morgan fingerprint density at radius 2 is 2.11 bits per heavy atom. The van der Waals surface area contributed by atoms with Crippen LogP contribution in [-0.2, 0) is 11.3 Å². The van der Waals surface area contributed by atoms with Crippen molar-refractivity contribution in [2.45, 2.75) is 59.2 Å². The molecule has 0 fully saturated rings. The van der Waals surface area contributed by atoms with Crippen LogP contribution in [0.1, 0.15) is 52.1 Å². The number of aryl methyl sites for hydroxylation is 1. The fraction of sp³-hybridized carbons (Fsp3) is 0.786. The Labute approximate surface area is 111 Å². The van der Waals surface area contributed by atoms with E-state index in [0.717, 1.165) is 32.5 Å². The van der Waals surface area contributed by atoms with Crippen LogP contribution in [0.25, 0.3) is 0 Å². The average Bonchev–Trinajstić information content (AvgIpc) is 2.84. The van der Waals surface area contributed by atoms with Crippen LogP contribution < -0.4 is 5.32 Å². The smallest absolute Gasteiger partial charge is 0.0770 e. The second-order valence-corrected chi connectivity index (χ2v) is 4.45. The maximum absolute atomic E-state index is 5.89. The second-order valence-electron chi connectivity index (χ2n) is 4.45. The van der Waals surface area contributed by atoms with Gasteiger partial charge in [0.05, 0.1) is 18.3 Å². The van der Waals surface area contributed by atoms with Crippen LogP contribution in [0.4, 0.5) is 0 Å². The van der Waals surface area contributed by atoms with Crippen molar-refractivity contribution in [1.82, 2.24) is 15.1 Å². The molecule has 0 aliphatic heterocycles. The van der Waals surface area contributed by atoms with E-state index < -0.39 is 0 Å². The number of nitrogens with one attached hydrogen (secondary N) is 1. The van der Waals surface area contributed by atoms with E-state index in [9.17, 15) is 0 Å². The lowest BCUT2D eigenvalue weighted by molar-refractivity contribution is 0.0280. The Morgan fingerprint density at radius 3 is 2.61 bits per heavy atom. The molecule has 0 aliphatic rings. The van der Waals surface area contributed by atoms with Crippen LogP contribution in [0.3, 0.4) is 0 Å². The summed E-state index contributed by atoms with van der Waals surface area (Å²) in [5, 5.41) is 7.89. The van der Waals surface area contributed by atoms with Crippen molar-refractivity contribution in [3.05, 3.63) is 18.0 Å². The summed E-state index contributed by atoms with van der Waals surface area (Å²) in [5.74, 6) is 0. The van der Waals surface area contributed by atoms with Crippen LogP contribution in [0.15, 0.2) is 12.4 Å². The maximum atomic E-state index is 5.89. The van der Waals surface area contributed by atoms with Gasteiger partial charge >= 0.3 is 0 Å². The van der Waals surface area contributed by atoms with Gasteiger partial charge in [0.1, 0.15) is 0 Å². The van der Waals surface area contributed by atoms with Crippen molar-refractivity contribution in [2.75, 3.05) is 13.2 Å². The fourth-order valence-corrected chi connectivity index (χ4v) is 2.24. The second kappa shape index (κ2) is 8.27.